The summed E-state index contributed by atoms with van der Waals surface area (Å²) in [6, 6.07) is 8.24. The molecule has 0 unspecified atom stereocenters. The molecule has 0 radical (unpaired) electrons. The van der Waals surface area contributed by atoms with Crippen molar-refractivity contribution in [2.24, 2.45) is 4.99 Å². The van der Waals surface area contributed by atoms with E-state index in [1.807, 2.05) is 19.1 Å². The van der Waals surface area contributed by atoms with Crippen molar-refractivity contribution in [2.45, 2.75) is 19.9 Å². The van der Waals surface area contributed by atoms with E-state index in [-0.39, 0.29) is 0 Å². The van der Waals surface area contributed by atoms with Crippen molar-refractivity contribution < 1.29 is 4.74 Å². The highest BCUT2D eigenvalue weighted by atomic mass is 79.9. The topological polar surface area (TPSA) is 45.6 Å². The first-order valence-corrected chi connectivity index (χ1v) is 7.32. The number of aliphatic imine (C=N–C) groups is 1. The van der Waals surface area contributed by atoms with E-state index in [0.717, 1.165) is 43.2 Å². The summed E-state index contributed by atoms with van der Waals surface area (Å²) in [5, 5.41) is 6.54. The highest BCUT2D eigenvalue weighted by Crippen LogP contribution is 2.09. The zero-order chi connectivity index (χ0) is 13.9. The monoisotopic (exact) mass is 327 g/mol. The minimum absolute atomic E-state index is 0.762. The minimum Gasteiger partial charge on any atom is -0.382 e. The van der Waals surface area contributed by atoms with Gasteiger partial charge in [-0.3, -0.25) is 4.99 Å². The Kier molecular flexibility index (Phi) is 8.25. The Labute approximate surface area is 123 Å². The van der Waals surface area contributed by atoms with Gasteiger partial charge in [-0.15, -0.1) is 0 Å². The van der Waals surface area contributed by atoms with E-state index in [1.54, 1.807) is 7.05 Å². The number of rotatable bonds is 7. The number of ether oxygens (including phenoxy) is 1. The van der Waals surface area contributed by atoms with Gasteiger partial charge in [0.15, 0.2) is 5.96 Å². The molecule has 1 aromatic rings. The van der Waals surface area contributed by atoms with Crippen molar-refractivity contribution in [1.82, 2.24) is 10.6 Å². The van der Waals surface area contributed by atoms with Crippen molar-refractivity contribution >= 4 is 21.9 Å². The van der Waals surface area contributed by atoms with Gasteiger partial charge in [-0.1, -0.05) is 28.1 Å². The van der Waals surface area contributed by atoms with E-state index in [1.165, 1.54) is 5.56 Å². The predicted molar refractivity (Wildman–Crippen MR) is 83.5 cm³/mol. The van der Waals surface area contributed by atoms with Gasteiger partial charge in [-0.25, -0.2) is 0 Å². The van der Waals surface area contributed by atoms with Crippen molar-refractivity contribution in [2.75, 3.05) is 26.8 Å². The molecular weight excluding hydrogens is 306 g/mol. The largest absolute Gasteiger partial charge is 0.382 e. The molecule has 0 spiro atoms. The molecule has 0 bridgehead atoms. The molecule has 0 aliphatic rings. The number of hydrogen-bond donors (Lipinski definition) is 2. The average Bonchev–Trinajstić information content (AvgIpc) is 2.44. The second-order valence-electron chi connectivity index (χ2n) is 4.03. The highest BCUT2D eigenvalue weighted by molar-refractivity contribution is 9.10. The van der Waals surface area contributed by atoms with Gasteiger partial charge in [0, 0.05) is 37.8 Å². The standard InChI is InChI=1S/C14H22BrN3O/c1-3-19-10-4-9-17-14(16-2)18-11-12-5-7-13(15)8-6-12/h5-8H,3-4,9-11H2,1-2H3,(H2,16,17,18). The van der Waals surface area contributed by atoms with Crippen LogP contribution in [0.15, 0.2) is 33.7 Å². The maximum atomic E-state index is 5.28. The lowest BCUT2D eigenvalue weighted by Gasteiger charge is -2.12. The van der Waals surface area contributed by atoms with Crippen LogP contribution in [-0.2, 0) is 11.3 Å². The lowest BCUT2D eigenvalue weighted by molar-refractivity contribution is 0.145. The molecule has 0 heterocycles. The van der Waals surface area contributed by atoms with Crippen LogP contribution in [-0.4, -0.2) is 32.8 Å². The molecule has 1 aromatic carbocycles. The first kappa shape index (κ1) is 16.0. The third-order valence-corrected chi connectivity index (χ3v) is 3.09. The Hall–Kier alpha value is -1.07. The molecule has 106 valence electrons. The van der Waals surface area contributed by atoms with Crippen LogP contribution < -0.4 is 10.6 Å². The molecule has 4 nitrogen and oxygen atoms in total. The predicted octanol–water partition coefficient (Wildman–Crippen LogP) is 2.54. The molecule has 1 rings (SSSR count). The van der Waals surface area contributed by atoms with Crippen molar-refractivity contribution in [3.05, 3.63) is 34.3 Å². The second kappa shape index (κ2) is 9.81. The molecule has 0 amide bonds. The van der Waals surface area contributed by atoms with Gasteiger partial charge in [0.05, 0.1) is 0 Å². The Morgan fingerprint density at radius 3 is 2.63 bits per heavy atom. The quantitative estimate of drug-likeness (QED) is 0.459. The van der Waals surface area contributed by atoms with Gasteiger partial charge < -0.3 is 15.4 Å². The van der Waals surface area contributed by atoms with Crippen LogP contribution in [0.1, 0.15) is 18.9 Å². The lowest BCUT2D eigenvalue weighted by atomic mass is 10.2. The normalized spacial score (nSPS) is 11.4. The maximum absolute atomic E-state index is 5.28. The van der Waals surface area contributed by atoms with Crippen LogP contribution in [0.5, 0.6) is 0 Å². The fourth-order valence-corrected chi connectivity index (χ4v) is 1.80. The van der Waals surface area contributed by atoms with Gasteiger partial charge in [0.1, 0.15) is 0 Å². The minimum atomic E-state index is 0.762. The molecule has 19 heavy (non-hydrogen) atoms. The average molecular weight is 328 g/mol. The van der Waals surface area contributed by atoms with Gasteiger partial charge in [0.25, 0.3) is 0 Å². The van der Waals surface area contributed by atoms with E-state index in [2.05, 4.69) is 43.7 Å². The fraction of sp³-hybridized carbons (Fsp3) is 0.500. The van der Waals surface area contributed by atoms with Gasteiger partial charge in [0.2, 0.25) is 0 Å². The Balaban J connectivity index is 2.23. The summed E-state index contributed by atoms with van der Waals surface area (Å²) in [7, 11) is 1.78. The van der Waals surface area contributed by atoms with E-state index >= 15 is 0 Å². The number of benzene rings is 1. The molecule has 2 N–H and O–H groups in total. The smallest absolute Gasteiger partial charge is 0.191 e. The Bertz CT molecular complexity index is 379. The fourth-order valence-electron chi connectivity index (χ4n) is 1.53. The van der Waals surface area contributed by atoms with Crippen molar-refractivity contribution in [3.8, 4) is 0 Å². The van der Waals surface area contributed by atoms with Crippen molar-refractivity contribution in [3.63, 3.8) is 0 Å². The first-order chi connectivity index (χ1) is 9.26. The molecule has 0 aromatic heterocycles. The lowest BCUT2D eigenvalue weighted by Crippen LogP contribution is -2.37. The summed E-state index contributed by atoms with van der Waals surface area (Å²) >= 11 is 3.43. The molecule has 0 atom stereocenters. The zero-order valence-electron chi connectivity index (χ0n) is 11.6. The summed E-state index contributed by atoms with van der Waals surface area (Å²) < 4.78 is 6.38. The first-order valence-electron chi connectivity index (χ1n) is 6.53. The number of nitrogens with one attached hydrogen (secondary N) is 2. The third kappa shape index (κ3) is 7.18. The van der Waals surface area contributed by atoms with E-state index < -0.39 is 0 Å². The summed E-state index contributed by atoms with van der Waals surface area (Å²) in [5.74, 6) is 0.819. The summed E-state index contributed by atoms with van der Waals surface area (Å²) in [6.45, 7) is 5.19. The maximum Gasteiger partial charge on any atom is 0.191 e. The number of halogens is 1. The third-order valence-electron chi connectivity index (χ3n) is 2.56. The van der Waals surface area contributed by atoms with Gasteiger partial charge in [-0.05, 0) is 31.0 Å². The molecule has 5 heteroatoms. The second-order valence-corrected chi connectivity index (χ2v) is 4.95. The number of guanidine groups is 1. The SMILES string of the molecule is CCOCCCNC(=NC)NCc1ccc(Br)cc1. The summed E-state index contributed by atoms with van der Waals surface area (Å²) in [4.78, 5) is 4.18. The molecule has 0 saturated carbocycles. The number of nitrogens with zero attached hydrogens (tertiary/aromatic N) is 1. The molecule has 0 aliphatic heterocycles. The highest BCUT2D eigenvalue weighted by Gasteiger charge is 1.98. The molecule has 0 aliphatic carbocycles. The molecule has 0 fully saturated rings. The van der Waals surface area contributed by atoms with Crippen LogP contribution in [0.3, 0.4) is 0 Å². The van der Waals surface area contributed by atoms with Crippen LogP contribution in [0.25, 0.3) is 0 Å². The Morgan fingerprint density at radius 2 is 2.00 bits per heavy atom. The summed E-state index contributed by atoms with van der Waals surface area (Å²) in [6.07, 6.45) is 0.979. The van der Waals surface area contributed by atoms with Crippen LogP contribution >= 0.6 is 15.9 Å². The molecular formula is C14H22BrN3O. The van der Waals surface area contributed by atoms with Crippen molar-refractivity contribution in [1.29, 1.82) is 0 Å². The van der Waals surface area contributed by atoms with Gasteiger partial charge in [-0.2, -0.15) is 0 Å². The molecule has 0 saturated heterocycles. The van der Waals surface area contributed by atoms with Gasteiger partial charge >= 0.3 is 0 Å². The van der Waals surface area contributed by atoms with E-state index in [4.69, 9.17) is 4.74 Å². The van der Waals surface area contributed by atoms with Crippen LogP contribution in [0, 0.1) is 0 Å². The van der Waals surface area contributed by atoms with E-state index in [9.17, 15) is 0 Å². The van der Waals surface area contributed by atoms with E-state index in [0.29, 0.717) is 0 Å². The van der Waals surface area contributed by atoms with Crippen LogP contribution in [0.2, 0.25) is 0 Å². The Morgan fingerprint density at radius 1 is 1.26 bits per heavy atom. The number of hydrogen-bond acceptors (Lipinski definition) is 2. The zero-order valence-corrected chi connectivity index (χ0v) is 13.2. The summed E-state index contributed by atoms with van der Waals surface area (Å²) in [5.41, 5.74) is 1.22. The van der Waals surface area contributed by atoms with Crippen LogP contribution in [0.4, 0.5) is 0 Å².